The van der Waals surface area contributed by atoms with E-state index in [2.05, 4.69) is 15.3 Å². The second-order valence-corrected chi connectivity index (χ2v) is 4.52. The highest BCUT2D eigenvalue weighted by atomic mass is 16.5. The number of carbonyl (C=O) groups excluding carboxylic acids is 1. The summed E-state index contributed by atoms with van der Waals surface area (Å²) >= 11 is 0. The van der Waals surface area contributed by atoms with E-state index in [9.17, 15) is 4.79 Å². The van der Waals surface area contributed by atoms with Crippen molar-refractivity contribution in [3.05, 3.63) is 47.9 Å². The minimum atomic E-state index is -0.502. The Kier molecular flexibility index (Phi) is 5.59. The minimum Gasteiger partial charge on any atom is -0.462 e. The molecule has 0 aromatic carbocycles. The van der Waals surface area contributed by atoms with E-state index in [-0.39, 0.29) is 12.2 Å². The third-order valence-electron chi connectivity index (χ3n) is 2.97. The fourth-order valence-corrected chi connectivity index (χ4v) is 1.89. The van der Waals surface area contributed by atoms with E-state index in [1.165, 1.54) is 6.20 Å². The third-order valence-corrected chi connectivity index (χ3v) is 2.97. The fraction of sp³-hybridized carbons (Fsp3) is 0.250. The van der Waals surface area contributed by atoms with Gasteiger partial charge in [-0.3, -0.25) is 0 Å². The SMILES string of the molecule is CCOC(=O)/C(C=N)=C/NCCc1ccc2cccnc2n1. The van der Waals surface area contributed by atoms with E-state index in [1.807, 2.05) is 24.3 Å². The first-order valence-corrected chi connectivity index (χ1v) is 7.06. The number of ether oxygens (including phenoxy) is 1. The second kappa shape index (κ2) is 7.87. The lowest BCUT2D eigenvalue weighted by molar-refractivity contribution is -0.137. The molecule has 0 fully saturated rings. The number of carbonyl (C=O) groups is 1. The molecule has 2 aromatic heterocycles. The fourth-order valence-electron chi connectivity index (χ4n) is 1.89. The highest BCUT2D eigenvalue weighted by Crippen LogP contribution is 2.09. The molecule has 6 heteroatoms. The molecule has 114 valence electrons. The molecule has 2 rings (SSSR count). The van der Waals surface area contributed by atoms with Crippen LogP contribution in [0.1, 0.15) is 12.6 Å². The van der Waals surface area contributed by atoms with Crippen LogP contribution in [0.2, 0.25) is 0 Å². The molecule has 0 amide bonds. The first-order valence-electron chi connectivity index (χ1n) is 7.06. The number of esters is 1. The number of pyridine rings is 2. The summed E-state index contributed by atoms with van der Waals surface area (Å²) in [5, 5.41) is 11.2. The van der Waals surface area contributed by atoms with Crippen molar-refractivity contribution in [2.24, 2.45) is 0 Å². The molecule has 0 aliphatic carbocycles. The molecule has 0 bridgehead atoms. The van der Waals surface area contributed by atoms with Crippen molar-refractivity contribution in [3.8, 4) is 0 Å². The molecule has 22 heavy (non-hydrogen) atoms. The van der Waals surface area contributed by atoms with Gasteiger partial charge in [0.1, 0.15) is 0 Å². The molecular formula is C16H18N4O2. The average molecular weight is 298 g/mol. The zero-order valence-electron chi connectivity index (χ0n) is 12.4. The zero-order valence-corrected chi connectivity index (χ0v) is 12.4. The van der Waals surface area contributed by atoms with Gasteiger partial charge >= 0.3 is 5.97 Å². The standard InChI is InChI=1S/C16H18N4O2/c1-2-22-16(21)13(10-17)11-18-9-7-14-6-5-12-4-3-8-19-15(12)20-14/h3-6,8,10-11,17-18H,2,7,9H2,1H3/b13-11+,17-10?. The summed E-state index contributed by atoms with van der Waals surface area (Å²) in [6.45, 7) is 2.62. The van der Waals surface area contributed by atoms with Crippen molar-refractivity contribution >= 4 is 23.2 Å². The molecule has 0 radical (unpaired) electrons. The van der Waals surface area contributed by atoms with Crippen LogP contribution in [0.3, 0.4) is 0 Å². The third kappa shape index (κ3) is 4.12. The van der Waals surface area contributed by atoms with Crippen LogP contribution in [0.4, 0.5) is 0 Å². The maximum absolute atomic E-state index is 11.5. The molecule has 2 N–H and O–H groups in total. The predicted molar refractivity (Wildman–Crippen MR) is 84.7 cm³/mol. The van der Waals surface area contributed by atoms with Gasteiger partial charge in [-0.1, -0.05) is 0 Å². The Morgan fingerprint density at radius 1 is 1.41 bits per heavy atom. The van der Waals surface area contributed by atoms with E-state index in [0.717, 1.165) is 22.9 Å². The molecule has 0 saturated carbocycles. The summed E-state index contributed by atoms with van der Waals surface area (Å²) in [5.41, 5.74) is 1.83. The second-order valence-electron chi connectivity index (χ2n) is 4.52. The molecule has 0 aliphatic rings. The summed E-state index contributed by atoms with van der Waals surface area (Å²) in [4.78, 5) is 20.2. The molecule has 2 heterocycles. The summed E-state index contributed by atoms with van der Waals surface area (Å²) in [6.07, 6.45) is 4.88. The molecule has 0 aliphatic heterocycles. The van der Waals surface area contributed by atoms with Crippen molar-refractivity contribution in [3.63, 3.8) is 0 Å². The van der Waals surface area contributed by atoms with Crippen LogP contribution in [0.25, 0.3) is 11.0 Å². The largest absolute Gasteiger partial charge is 0.462 e. The van der Waals surface area contributed by atoms with Crippen LogP contribution in [0.15, 0.2) is 42.2 Å². The highest BCUT2D eigenvalue weighted by molar-refractivity contribution is 6.08. The number of fused-ring (bicyclic) bond motifs is 1. The van der Waals surface area contributed by atoms with Gasteiger partial charge < -0.3 is 15.5 Å². The summed E-state index contributed by atoms with van der Waals surface area (Å²) in [5.74, 6) is -0.502. The van der Waals surface area contributed by atoms with E-state index < -0.39 is 5.97 Å². The van der Waals surface area contributed by atoms with E-state index in [0.29, 0.717) is 13.0 Å². The van der Waals surface area contributed by atoms with Crippen LogP contribution in [0, 0.1) is 5.41 Å². The first kappa shape index (κ1) is 15.6. The lowest BCUT2D eigenvalue weighted by Gasteiger charge is -2.05. The van der Waals surface area contributed by atoms with E-state index >= 15 is 0 Å². The molecule has 0 atom stereocenters. The average Bonchev–Trinajstić information content (AvgIpc) is 2.55. The van der Waals surface area contributed by atoms with Crippen LogP contribution < -0.4 is 5.32 Å². The van der Waals surface area contributed by atoms with Gasteiger partial charge in [0.25, 0.3) is 0 Å². The van der Waals surface area contributed by atoms with Gasteiger partial charge in [-0.25, -0.2) is 14.8 Å². The molecule has 0 spiro atoms. The minimum absolute atomic E-state index is 0.190. The molecule has 2 aromatic rings. The summed E-state index contributed by atoms with van der Waals surface area (Å²) in [7, 11) is 0. The van der Waals surface area contributed by atoms with Crippen molar-refractivity contribution in [2.75, 3.05) is 13.2 Å². The lowest BCUT2D eigenvalue weighted by Crippen LogP contribution is -2.16. The predicted octanol–water partition coefficient (Wildman–Crippen LogP) is 1.86. The number of nitrogens with zero attached hydrogens (tertiary/aromatic N) is 2. The molecule has 0 saturated heterocycles. The number of aromatic nitrogens is 2. The lowest BCUT2D eigenvalue weighted by atomic mass is 10.2. The van der Waals surface area contributed by atoms with Crippen LogP contribution in [-0.2, 0) is 16.0 Å². The Hall–Kier alpha value is -2.76. The smallest absolute Gasteiger partial charge is 0.341 e. The first-order chi connectivity index (χ1) is 10.7. The normalized spacial score (nSPS) is 11.2. The van der Waals surface area contributed by atoms with Gasteiger partial charge in [-0.2, -0.15) is 0 Å². The van der Waals surface area contributed by atoms with Crippen molar-refractivity contribution < 1.29 is 9.53 Å². The van der Waals surface area contributed by atoms with E-state index in [4.69, 9.17) is 10.1 Å². The Morgan fingerprint density at radius 2 is 2.27 bits per heavy atom. The molecule has 0 unspecified atom stereocenters. The van der Waals surface area contributed by atoms with Crippen LogP contribution >= 0.6 is 0 Å². The van der Waals surface area contributed by atoms with Gasteiger partial charge in [0.2, 0.25) is 0 Å². The van der Waals surface area contributed by atoms with Crippen LogP contribution in [0.5, 0.6) is 0 Å². The van der Waals surface area contributed by atoms with Gasteiger partial charge in [-0.05, 0) is 31.2 Å². The van der Waals surface area contributed by atoms with Crippen molar-refractivity contribution in [1.82, 2.24) is 15.3 Å². The van der Waals surface area contributed by atoms with Crippen molar-refractivity contribution in [2.45, 2.75) is 13.3 Å². The topological polar surface area (TPSA) is 88.0 Å². The molecular weight excluding hydrogens is 280 g/mol. The Bertz CT molecular complexity index is 697. The van der Waals surface area contributed by atoms with Gasteiger partial charge in [-0.15, -0.1) is 0 Å². The maximum Gasteiger partial charge on any atom is 0.341 e. The number of hydrogen-bond acceptors (Lipinski definition) is 6. The molecule has 6 nitrogen and oxygen atoms in total. The Morgan fingerprint density at radius 3 is 3.05 bits per heavy atom. The summed E-state index contributed by atoms with van der Waals surface area (Å²) < 4.78 is 4.84. The quantitative estimate of drug-likeness (QED) is 0.352. The highest BCUT2D eigenvalue weighted by Gasteiger charge is 2.06. The monoisotopic (exact) mass is 298 g/mol. The number of hydrogen-bond donors (Lipinski definition) is 2. The Labute approximate surface area is 128 Å². The number of rotatable bonds is 7. The van der Waals surface area contributed by atoms with Gasteiger partial charge in [0.05, 0.1) is 12.2 Å². The Balaban J connectivity index is 1.91. The van der Waals surface area contributed by atoms with Gasteiger partial charge in [0.15, 0.2) is 5.65 Å². The maximum atomic E-state index is 11.5. The van der Waals surface area contributed by atoms with Crippen molar-refractivity contribution in [1.29, 1.82) is 5.41 Å². The summed E-state index contributed by atoms with van der Waals surface area (Å²) in [6, 6.07) is 7.79. The van der Waals surface area contributed by atoms with E-state index in [1.54, 1.807) is 13.1 Å². The van der Waals surface area contributed by atoms with Gasteiger partial charge in [0, 0.05) is 42.7 Å². The van der Waals surface area contributed by atoms with Crippen LogP contribution in [-0.4, -0.2) is 35.3 Å². The zero-order chi connectivity index (χ0) is 15.8. The number of nitrogens with one attached hydrogen (secondary N) is 2.